The van der Waals surface area contributed by atoms with Crippen LogP contribution in [0.2, 0.25) is 0 Å². The molecule has 0 bridgehead atoms. The fourth-order valence-corrected chi connectivity index (χ4v) is 3.54. The zero-order chi connectivity index (χ0) is 14.7. The summed E-state index contributed by atoms with van der Waals surface area (Å²) in [5, 5.41) is 0. The lowest BCUT2D eigenvalue weighted by atomic mass is 9.97. The molecular weight excluding hydrogens is 274 g/mol. The summed E-state index contributed by atoms with van der Waals surface area (Å²) in [6.07, 6.45) is 1.67. The van der Waals surface area contributed by atoms with Crippen LogP contribution in [0.1, 0.15) is 39.9 Å². The molecule has 0 N–H and O–H groups in total. The minimum Gasteiger partial charge on any atom is -0.466 e. The molecule has 0 unspecified atom stereocenters. The summed E-state index contributed by atoms with van der Waals surface area (Å²) in [7, 11) is 0. The molecule has 1 aliphatic heterocycles. The van der Waals surface area contributed by atoms with Crippen molar-refractivity contribution >= 4 is 23.2 Å². The van der Waals surface area contributed by atoms with Crippen LogP contribution in [0.25, 0.3) is 0 Å². The van der Waals surface area contributed by atoms with Gasteiger partial charge in [-0.2, -0.15) is 0 Å². The summed E-state index contributed by atoms with van der Waals surface area (Å²) in [6.45, 7) is 7.38. The minimum absolute atomic E-state index is 0.0425. The van der Waals surface area contributed by atoms with E-state index in [2.05, 4.69) is 0 Å². The Morgan fingerprint density at radius 1 is 1.45 bits per heavy atom. The molecule has 0 spiro atoms. The summed E-state index contributed by atoms with van der Waals surface area (Å²) >= 11 is 1.64. The Morgan fingerprint density at radius 3 is 2.80 bits per heavy atom. The average Bonchev–Trinajstić information content (AvgIpc) is 2.77. The number of ether oxygens (including phenoxy) is 1. The van der Waals surface area contributed by atoms with E-state index in [0.29, 0.717) is 13.2 Å². The normalized spacial score (nSPS) is 18.9. The summed E-state index contributed by atoms with van der Waals surface area (Å²) in [4.78, 5) is 28.3. The summed E-state index contributed by atoms with van der Waals surface area (Å²) in [5.74, 6) is -0.309. The number of thiophene rings is 1. The van der Waals surface area contributed by atoms with E-state index in [0.717, 1.165) is 34.7 Å². The van der Waals surface area contributed by atoms with Crippen molar-refractivity contribution in [2.24, 2.45) is 5.92 Å². The smallest absolute Gasteiger partial charge is 0.310 e. The molecule has 0 saturated carbocycles. The highest BCUT2D eigenvalue weighted by Crippen LogP contribution is 2.25. The molecule has 2 heterocycles. The third kappa shape index (κ3) is 3.20. The van der Waals surface area contributed by atoms with Gasteiger partial charge in [-0.25, -0.2) is 0 Å². The molecule has 4 nitrogen and oxygen atoms in total. The predicted octanol–water partition coefficient (Wildman–Crippen LogP) is 2.78. The number of likely N-dealkylation sites (tertiary alicyclic amines) is 1. The van der Waals surface area contributed by atoms with Crippen LogP contribution in [0.3, 0.4) is 0 Å². The molecule has 1 fully saturated rings. The van der Waals surface area contributed by atoms with Gasteiger partial charge in [0.1, 0.15) is 0 Å². The van der Waals surface area contributed by atoms with Gasteiger partial charge in [-0.1, -0.05) is 0 Å². The molecule has 2 rings (SSSR count). The summed E-state index contributed by atoms with van der Waals surface area (Å²) in [5.41, 5.74) is 0.775. The largest absolute Gasteiger partial charge is 0.466 e. The SMILES string of the molecule is CCOC(=O)[C@H]1CCCN(C(=O)c2cc(C)sc2C)C1. The fraction of sp³-hybridized carbons (Fsp3) is 0.600. The van der Waals surface area contributed by atoms with Crippen LogP contribution < -0.4 is 0 Å². The van der Waals surface area contributed by atoms with Gasteiger partial charge in [-0.15, -0.1) is 11.3 Å². The first kappa shape index (κ1) is 15.0. The monoisotopic (exact) mass is 295 g/mol. The number of carbonyl (C=O) groups is 2. The molecule has 1 aromatic rings. The van der Waals surface area contributed by atoms with Gasteiger partial charge >= 0.3 is 5.97 Å². The van der Waals surface area contributed by atoms with Crippen molar-refractivity contribution in [3.8, 4) is 0 Å². The maximum absolute atomic E-state index is 12.5. The number of hydrogen-bond donors (Lipinski definition) is 0. The Balaban J connectivity index is 2.07. The highest BCUT2D eigenvalue weighted by atomic mass is 32.1. The number of amides is 1. The molecule has 1 saturated heterocycles. The number of esters is 1. The van der Waals surface area contributed by atoms with Crippen LogP contribution in [0, 0.1) is 19.8 Å². The second kappa shape index (κ2) is 6.39. The second-order valence-corrected chi connectivity index (χ2v) is 6.63. The van der Waals surface area contributed by atoms with Gasteiger partial charge < -0.3 is 9.64 Å². The van der Waals surface area contributed by atoms with E-state index in [9.17, 15) is 9.59 Å². The Bertz CT molecular complexity index is 509. The minimum atomic E-state index is -0.178. The van der Waals surface area contributed by atoms with Crippen molar-refractivity contribution < 1.29 is 14.3 Å². The number of rotatable bonds is 3. The van der Waals surface area contributed by atoms with Crippen molar-refractivity contribution in [1.29, 1.82) is 0 Å². The number of carbonyl (C=O) groups excluding carboxylic acids is 2. The number of hydrogen-bond acceptors (Lipinski definition) is 4. The number of piperidine rings is 1. The van der Waals surface area contributed by atoms with Gasteiger partial charge in [-0.05, 0) is 39.7 Å². The van der Waals surface area contributed by atoms with Gasteiger partial charge in [0.25, 0.3) is 5.91 Å². The van der Waals surface area contributed by atoms with Crippen LogP contribution in [-0.2, 0) is 9.53 Å². The lowest BCUT2D eigenvalue weighted by molar-refractivity contribution is -0.149. The molecule has 110 valence electrons. The Kier molecular flexibility index (Phi) is 4.81. The first-order valence-electron chi connectivity index (χ1n) is 7.05. The van der Waals surface area contributed by atoms with Crippen molar-refractivity contribution in [3.05, 3.63) is 21.4 Å². The highest BCUT2D eigenvalue weighted by Gasteiger charge is 2.30. The van der Waals surface area contributed by atoms with Crippen LogP contribution >= 0.6 is 11.3 Å². The van der Waals surface area contributed by atoms with Gasteiger partial charge in [-0.3, -0.25) is 9.59 Å². The zero-order valence-electron chi connectivity index (χ0n) is 12.3. The quantitative estimate of drug-likeness (QED) is 0.806. The van der Waals surface area contributed by atoms with E-state index in [4.69, 9.17) is 4.74 Å². The van der Waals surface area contributed by atoms with E-state index in [1.54, 1.807) is 23.2 Å². The van der Waals surface area contributed by atoms with Crippen molar-refractivity contribution in [3.63, 3.8) is 0 Å². The van der Waals surface area contributed by atoms with E-state index in [1.807, 2.05) is 19.9 Å². The van der Waals surface area contributed by atoms with Gasteiger partial charge in [0, 0.05) is 22.8 Å². The standard InChI is InChI=1S/C15H21NO3S/c1-4-19-15(18)12-6-5-7-16(9-12)14(17)13-8-10(2)20-11(13)3/h8,12H,4-7,9H2,1-3H3/t12-/m0/s1. The first-order chi connectivity index (χ1) is 9.52. The summed E-state index contributed by atoms with van der Waals surface area (Å²) in [6, 6.07) is 1.94. The van der Waals surface area contributed by atoms with Crippen LogP contribution in [-0.4, -0.2) is 36.5 Å². The Morgan fingerprint density at radius 2 is 2.20 bits per heavy atom. The third-order valence-corrected chi connectivity index (χ3v) is 4.57. The molecule has 1 amide bonds. The Hall–Kier alpha value is -1.36. The Labute approximate surface area is 123 Å². The maximum atomic E-state index is 12.5. The molecule has 5 heteroatoms. The van der Waals surface area contributed by atoms with Crippen molar-refractivity contribution in [2.75, 3.05) is 19.7 Å². The molecule has 0 aliphatic carbocycles. The van der Waals surface area contributed by atoms with Gasteiger partial charge in [0.2, 0.25) is 0 Å². The van der Waals surface area contributed by atoms with Crippen LogP contribution in [0.4, 0.5) is 0 Å². The third-order valence-electron chi connectivity index (χ3n) is 3.60. The predicted molar refractivity (Wildman–Crippen MR) is 79.1 cm³/mol. The number of aryl methyl sites for hydroxylation is 2. The molecule has 0 aromatic carbocycles. The lowest BCUT2D eigenvalue weighted by Gasteiger charge is -2.31. The molecule has 20 heavy (non-hydrogen) atoms. The second-order valence-electron chi connectivity index (χ2n) is 5.17. The molecule has 0 radical (unpaired) electrons. The van der Waals surface area contributed by atoms with E-state index >= 15 is 0 Å². The van der Waals surface area contributed by atoms with Gasteiger partial charge in [0.05, 0.1) is 18.1 Å². The van der Waals surface area contributed by atoms with E-state index in [-0.39, 0.29) is 17.8 Å². The average molecular weight is 295 g/mol. The van der Waals surface area contributed by atoms with Gasteiger partial charge in [0.15, 0.2) is 0 Å². The summed E-state index contributed by atoms with van der Waals surface area (Å²) < 4.78 is 5.07. The van der Waals surface area contributed by atoms with E-state index in [1.165, 1.54) is 0 Å². The highest BCUT2D eigenvalue weighted by molar-refractivity contribution is 7.12. The lowest BCUT2D eigenvalue weighted by Crippen LogP contribution is -2.42. The fourth-order valence-electron chi connectivity index (χ4n) is 2.63. The topological polar surface area (TPSA) is 46.6 Å². The molecule has 1 aromatic heterocycles. The van der Waals surface area contributed by atoms with Crippen LogP contribution in [0.15, 0.2) is 6.07 Å². The molecule has 1 atom stereocenters. The van der Waals surface area contributed by atoms with Crippen molar-refractivity contribution in [1.82, 2.24) is 4.90 Å². The van der Waals surface area contributed by atoms with Crippen LogP contribution in [0.5, 0.6) is 0 Å². The number of nitrogens with zero attached hydrogens (tertiary/aromatic N) is 1. The van der Waals surface area contributed by atoms with Crippen molar-refractivity contribution in [2.45, 2.75) is 33.6 Å². The first-order valence-corrected chi connectivity index (χ1v) is 7.87. The molecular formula is C15H21NO3S. The zero-order valence-corrected chi connectivity index (χ0v) is 13.1. The van der Waals surface area contributed by atoms with E-state index < -0.39 is 0 Å². The molecule has 1 aliphatic rings. The maximum Gasteiger partial charge on any atom is 0.310 e.